The molecule has 0 aromatic carbocycles. The third-order valence-corrected chi connectivity index (χ3v) is 8.52. The second-order valence-corrected chi connectivity index (χ2v) is 12.2. The van der Waals surface area contributed by atoms with Gasteiger partial charge in [-0.1, -0.05) is 12.1 Å². The Hall–Kier alpha value is -3.79. The Kier molecular flexibility index (Phi) is 9.33. The van der Waals surface area contributed by atoms with Crippen LogP contribution in [0.25, 0.3) is 5.78 Å². The minimum Gasteiger partial charge on any atom is -0.364 e. The van der Waals surface area contributed by atoms with Crippen molar-refractivity contribution in [2.75, 3.05) is 0 Å². The quantitative estimate of drug-likeness (QED) is 0.222. The van der Waals surface area contributed by atoms with Crippen LogP contribution < -0.4 is 10.6 Å². The maximum Gasteiger partial charge on any atom is 0.392 e. The van der Waals surface area contributed by atoms with Crippen molar-refractivity contribution in [3.63, 3.8) is 0 Å². The number of alkyl halides is 8. The SMILES string of the molecule is CC(CC(=O)N[C@H](c1ccn2cc([C@@H](NC(=O)c3conc3CCC(F)(F)F)C3CCC(F)(F)CC3)nc2n1)C1CC1)C(F)(F)F. The molecule has 0 bridgehead atoms. The Bertz CT molecular complexity index is 1540. The van der Waals surface area contributed by atoms with Crippen molar-refractivity contribution in [1.29, 1.82) is 0 Å². The van der Waals surface area contributed by atoms with Gasteiger partial charge in [-0.2, -0.15) is 26.3 Å². The highest BCUT2D eigenvalue weighted by Gasteiger charge is 2.41. The topological polar surface area (TPSA) is 114 Å². The summed E-state index contributed by atoms with van der Waals surface area (Å²) >= 11 is 0. The predicted octanol–water partition coefficient (Wildman–Crippen LogP) is 6.66. The second-order valence-electron chi connectivity index (χ2n) is 12.2. The summed E-state index contributed by atoms with van der Waals surface area (Å²) in [5, 5.41) is 8.93. The van der Waals surface area contributed by atoms with Gasteiger partial charge in [0.15, 0.2) is 0 Å². The molecule has 0 spiro atoms. The van der Waals surface area contributed by atoms with Crippen molar-refractivity contribution in [2.24, 2.45) is 17.8 Å². The molecule has 2 aliphatic rings. The lowest BCUT2D eigenvalue weighted by Crippen LogP contribution is -2.37. The molecule has 2 fully saturated rings. The number of aryl methyl sites for hydroxylation is 1. The predicted molar refractivity (Wildman–Crippen MR) is 144 cm³/mol. The number of imidazole rings is 1. The van der Waals surface area contributed by atoms with Crippen LogP contribution in [0.1, 0.15) is 97.8 Å². The molecular weight excluding hydrogens is 632 g/mol. The van der Waals surface area contributed by atoms with E-state index in [1.54, 1.807) is 12.3 Å². The highest BCUT2D eigenvalue weighted by molar-refractivity contribution is 5.95. The lowest BCUT2D eigenvalue weighted by atomic mass is 9.81. The highest BCUT2D eigenvalue weighted by Crippen LogP contribution is 2.43. The van der Waals surface area contributed by atoms with E-state index >= 15 is 0 Å². The summed E-state index contributed by atoms with van der Waals surface area (Å²) in [6.45, 7) is 0.928. The number of rotatable bonds is 11. The molecule has 2 saturated carbocycles. The van der Waals surface area contributed by atoms with E-state index in [9.17, 15) is 44.7 Å². The molecule has 2 aliphatic carbocycles. The Balaban J connectivity index is 1.39. The molecule has 2 amide bonds. The van der Waals surface area contributed by atoms with Crippen LogP contribution in [0.15, 0.2) is 29.2 Å². The molecule has 3 heterocycles. The molecule has 1 unspecified atom stereocenters. The molecule has 0 saturated heterocycles. The van der Waals surface area contributed by atoms with Crippen molar-refractivity contribution in [2.45, 2.75) is 95.1 Å². The van der Waals surface area contributed by atoms with Gasteiger partial charge in [0, 0.05) is 44.5 Å². The number of amides is 2. The highest BCUT2D eigenvalue weighted by atomic mass is 19.4. The first kappa shape index (κ1) is 33.6. The van der Waals surface area contributed by atoms with E-state index in [1.165, 1.54) is 10.6 Å². The van der Waals surface area contributed by atoms with Gasteiger partial charge < -0.3 is 15.2 Å². The Morgan fingerprint density at radius 3 is 2.26 bits per heavy atom. The maximum atomic E-state index is 14.0. The number of aromatic nitrogens is 4. The van der Waals surface area contributed by atoms with Crippen molar-refractivity contribution in [1.82, 2.24) is 30.2 Å². The van der Waals surface area contributed by atoms with E-state index in [-0.39, 0.29) is 41.5 Å². The van der Waals surface area contributed by atoms with Gasteiger partial charge in [-0.3, -0.25) is 14.0 Å². The van der Waals surface area contributed by atoms with E-state index in [2.05, 4.69) is 25.8 Å². The number of halogens is 8. The van der Waals surface area contributed by atoms with Gasteiger partial charge >= 0.3 is 12.4 Å². The minimum atomic E-state index is -4.52. The van der Waals surface area contributed by atoms with Crippen LogP contribution in [0.5, 0.6) is 0 Å². The first-order valence-electron chi connectivity index (χ1n) is 14.9. The van der Waals surface area contributed by atoms with Crippen LogP contribution in [0, 0.1) is 17.8 Å². The van der Waals surface area contributed by atoms with Gasteiger partial charge in [-0.05, 0) is 43.6 Å². The van der Waals surface area contributed by atoms with Crippen molar-refractivity contribution >= 4 is 17.6 Å². The Morgan fingerprint density at radius 2 is 1.63 bits per heavy atom. The molecule has 0 radical (unpaired) electrons. The molecular formula is C29H32F8N6O3. The molecule has 3 atom stereocenters. The van der Waals surface area contributed by atoms with Gasteiger partial charge in [-0.15, -0.1) is 0 Å². The Labute approximate surface area is 257 Å². The first-order valence-corrected chi connectivity index (χ1v) is 14.9. The standard InChI is InChI=1S/C29H32F8N6O3/c1-15(29(35,36)37)12-22(44)40-23(16-2-3-16)20-7-11-43-13-21(39-26(43)38-20)24(17-4-8-27(30,31)9-5-17)41-25(45)18-14-46-42-19(18)6-10-28(32,33)34/h7,11,13-17,23-24H,2-6,8-10,12H2,1H3,(H,40,44)(H,41,45)/t15?,23-,24-/m0/s1. The molecule has 46 heavy (non-hydrogen) atoms. The van der Waals surface area contributed by atoms with E-state index in [0.29, 0.717) is 5.69 Å². The van der Waals surface area contributed by atoms with Crippen LogP contribution in [0.3, 0.4) is 0 Å². The van der Waals surface area contributed by atoms with E-state index in [0.717, 1.165) is 26.0 Å². The summed E-state index contributed by atoms with van der Waals surface area (Å²) in [4.78, 5) is 34.8. The minimum absolute atomic E-state index is 0.0272. The van der Waals surface area contributed by atoms with Gasteiger partial charge in [0.1, 0.15) is 11.8 Å². The average Bonchev–Trinajstić information content (AvgIpc) is 3.53. The normalized spacial score (nSPS) is 19.5. The van der Waals surface area contributed by atoms with E-state index in [4.69, 9.17) is 4.52 Å². The fourth-order valence-corrected chi connectivity index (χ4v) is 5.65. The zero-order valence-corrected chi connectivity index (χ0v) is 24.6. The van der Waals surface area contributed by atoms with Gasteiger partial charge in [0.25, 0.3) is 5.91 Å². The third kappa shape index (κ3) is 8.32. The Morgan fingerprint density at radius 1 is 1.00 bits per heavy atom. The van der Waals surface area contributed by atoms with E-state index < -0.39 is 86.1 Å². The largest absolute Gasteiger partial charge is 0.392 e. The summed E-state index contributed by atoms with van der Waals surface area (Å²) in [7, 11) is 0. The van der Waals surface area contributed by atoms with Crippen LogP contribution in [-0.2, 0) is 11.2 Å². The molecule has 3 aromatic heterocycles. The maximum absolute atomic E-state index is 14.0. The van der Waals surface area contributed by atoms with Gasteiger partial charge in [0.05, 0.1) is 35.1 Å². The molecule has 9 nitrogen and oxygen atoms in total. The number of fused-ring (bicyclic) bond motifs is 1. The monoisotopic (exact) mass is 664 g/mol. The lowest BCUT2D eigenvalue weighted by Gasteiger charge is -2.33. The zero-order valence-electron chi connectivity index (χ0n) is 24.6. The van der Waals surface area contributed by atoms with Crippen LogP contribution in [0.4, 0.5) is 35.1 Å². The number of nitrogens with zero attached hydrogens (tertiary/aromatic N) is 4. The van der Waals surface area contributed by atoms with Crippen molar-refractivity contribution in [3.05, 3.63) is 47.4 Å². The van der Waals surface area contributed by atoms with Crippen molar-refractivity contribution in [3.8, 4) is 0 Å². The van der Waals surface area contributed by atoms with Crippen LogP contribution in [-0.4, -0.2) is 49.6 Å². The smallest absolute Gasteiger partial charge is 0.364 e. The average molecular weight is 665 g/mol. The number of hydrogen-bond acceptors (Lipinski definition) is 6. The molecule has 3 aromatic rings. The van der Waals surface area contributed by atoms with E-state index in [1.807, 2.05) is 0 Å². The molecule has 2 N–H and O–H groups in total. The second kappa shape index (κ2) is 12.8. The summed E-state index contributed by atoms with van der Waals surface area (Å²) in [5.74, 6) is -6.68. The molecule has 5 rings (SSSR count). The molecule has 252 valence electrons. The summed E-state index contributed by atoms with van der Waals surface area (Å²) < 4.78 is 112. The summed E-state index contributed by atoms with van der Waals surface area (Å²) in [6.07, 6.45) is -6.87. The number of hydrogen-bond donors (Lipinski definition) is 2. The molecule has 0 aliphatic heterocycles. The number of carbonyl (C=O) groups excluding carboxylic acids is 2. The van der Waals surface area contributed by atoms with Gasteiger partial charge in [0.2, 0.25) is 17.6 Å². The summed E-state index contributed by atoms with van der Waals surface area (Å²) in [6, 6.07) is 0.00746. The van der Waals surface area contributed by atoms with Crippen LogP contribution >= 0.6 is 0 Å². The fourth-order valence-electron chi connectivity index (χ4n) is 5.65. The van der Waals surface area contributed by atoms with Crippen LogP contribution in [0.2, 0.25) is 0 Å². The first-order chi connectivity index (χ1) is 21.5. The van der Waals surface area contributed by atoms with Gasteiger partial charge in [-0.25, -0.2) is 18.7 Å². The number of nitrogens with one attached hydrogen (secondary N) is 2. The fraction of sp³-hybridized carbons (Fsp3) is 0.621. The summed E-state index contributed by atoms with van der Waals surface area (Å²) in [5.41, 5.74) is 0.203. The zero-order chi connectivity index (χ0) is 33.4. The van der Waals surface area contributed by atoms with Crippen molar-refractivity contribution < 1.29 is 49.2 Å². The third-order valence-electron chi connectivity index (χ3n) is 8.52. The molecule has 17 heteroatoms. The number of carbonyl (C=O) groups is 2. The lowest BCUT2D eigenvalue weighted by molar-refractivity contribution is -0.174.